The van der Waals surface area contributed by atoms with Crippen molar-refractivity contribution in [2.45, 2.75) is 24.2 Å². The summed E-state index contributed by atoms with van der Waals surface area (Å²) in [5.74, 6) is 0.479. The highest BCUT2D eigenvalue weighted by atomic mass is 32.2. The lowest BCUT2D eigenvalue weighted by atomic mass is 10.2. The number of aromatic nitrogens is 4. The number of nitrogens with zero attached hydrogens (tertiary/aromatic N) is 4. The molecule has 1 amide bonds. The van der Waals surface area contributed by atoms with Crippen LogP contribution >= 0.6 is 0 Å². The van der Waals surface area contributed by atoms with Gasteiger partial charge in [0.2, 0.25) is 10.0 Å². The molecule has 1 aliphatic heterocycles. The van der Waals surface area contributed by atoms with Crippen molar-refractivity contribution in [2.24, 2.45) is 0 Å². The Labute approximate surface area is 201 Å². The maximum absolute atomic E-state index is 13.1. The first-order chi connectivity index (χ1) is 16.9. The quantitative estimate of drug-likeness (QED) is 0.415. The summed E-state index contributed by atoms with van der Waals surface area (Å²) in [6.07, 6.45) is 2.77. The predicted octanol–water partition coefficient (Wildman–Crippen LogP) is 2.95. The Kier molecular flexibility index (Phi) is 5.99. The van der Waals surface area contributed by atoms with E-state index in [9.17, 15) is 13.2 Å². The molecule has 1 fully saturated rings. The van der Waals surface area contributed by atoms with Crippen LogP contribution in [-0.2, 0) is 10.0 Å². The van der Waals surface area contributed by atoms with E-state index in [1.165, 1.54) is 18.5 Å². The summed E-state index contributed by atoms with van der Waals surface area (Å²) in [4.78, 5) is 20.4. The van der Waals surface area contributed by atoms with Crippen molar-refractivity contribution in [1.82, 2.24) is 24.5 Å². The lowest BCUT2D eigenvalue weighted by molar-refractivity contribution is 0.102. The summed E-state index contributed by atoms with van der Waals surface area (Å²) in [6, 6.07) is 9.63. The molecule has 2 N–H and O–H groups in total. The summed E-state index contributed by atoms with van der Waals surface area (Å²) in [6.45, 7) is 1.05. The molecule has 1 saturated heterocycles. The minimum atomic E-state index is -3.59. The maximum Gasteiger partial charge on any atom is 0.258 e. The number of ether oxygens (including phenoxy) is 2. The average molecular weight is 497 g/mol. The Morgan fingerprint density at radius 1 is 1.00 bits per heavy atom. The van der Waals surface area contributed by atoms with Gasteiger partial charge in [-0.05, 0) is 49.2 Å². The Morgan fingerprint density at radius 3 is 2.51 bits per heavy atom. The van der Waals surface area contributed by atoms with E-state index in [1.807, 2.05) is 0 Å². The summed E-state index contributed by atoms with van der Waals surface area (Å²) in [7, 11) is -0.593. The lowest BCUT2D eigenvalue weighted by Crippen LogP contribution is -2.35. The van der Waals surface area contributed by atoms with E-state index in [1.54, 1.807) is 36.4 Å². The van der Waals surface area contributed by atoms with Gasteiger partial charge >= 0.3 is 0 Å². The monoisotopic (exact) mass is 496 g/mol. The van der Waals surface area contributed by atoms with Crippen LogP contribution in [0.4, 0.5) is 5.95 Å². The van der Waals surface area contributed by atoms with E-state index >= 15 is 0 Å². The van der Waals surface area contributed by atoms with Gasteiger partial charge in [0.05, 0.1) is 19.1 Å². The number of hydrogen-bond acceptors (Lipinski definition) is 8. The molecule has 4 aromatic rings. The molecule has 0 atom stereocenters. The number of H-pyrrole nitrogens is 1. The zero-order chi connectivity index (χ0) is 24.6. The number of anilines is 1. The minimum Gasteiger partial charge on any atom is -0.493 e. The van der Waals surface area contributed by atoms with Crippen LogP contribution in [0.3, 0.4) is 0 Å². The van der Waals surface area contributed by atoms with Crippen LogP contribution in [0.1, 0.15) is 29.6 Å². The molecule has 182 valence electrons. The number of carbonyl (C=O) groups excluding carboxylic acids is 1. The van der Waals surface area contributed by atoms with Crippen LogP contribution in [-0.4, -0.2) is 66.1 Å². The Bertz CT molecular complexity index is 1530. The molecular formula is C23H24N6O5S. The molecule has 0 spiro atoms. The summed E-state index contributed by atoms with van der Waals surface area (Å²) in [5.41, 5.74) is 1.79. The Balaban J connectivity index is 1.43. The third-order valence-corrected chi connectivity index (χ3v) is 7.90. The van der Waals surface area contributed by atoms with Crippen molar-refractivity contribution in [3.05, 3.63) is 42.0 Å². The van der Waals surface area contributed by atoms with Gasteiger partial charge in [0, 0.05) is 29.6 Å². The number of aromatic amines is 1. The lowest BCUT2D eigenvalue weighted by Gasteiger charge is -2.25. The van der Waals surface area contributed by atoms with E-state index in [2.05, 4.69) is 25.5 Å². The molecule has 0 bridgehead atoms. The summed E-state index contributed by atoms with van der Waals surface area (Å²) >= 11 is 0. The van der Waals surface area contributed by atoms with Crippen LogP contribution in [0.15, 0.2) is 41.3 Å². The van der Waals surface area contributed by atoms with Gasteiger partial charge in [-0.3, -0.25) is 10.1 Å². The highest BCUT2D eigenvalue weighted by Crippen LogP contribution is 2.29. The number of sulfonamides is 1. The zero-order valence-electron chi connectivity index (χ0n) is 19.2. The Hall–Kier alpha value is -3.77. The number of carbonyl (C=O) groups is 1. The van der Waals surface area contributed by atoms with Gasteiger partial charge in [-0.2, -0.15) is 9.29 Å². The van der Waals surface area contributed by atoms with Crippen molar-refractivity contribution in [1.29, 1.82) is 0 Å². The van der Waals surface area contributed by atoms with Crippen molar-refractivity contribution in [2.75, 3.05) is 32.6 Å². The number of hydrogen-bond donors (Lipinski definition) is 2. The second-order valence-electron chi connectivity index (χ2n) is 8.15. The first kappa shape index (κ1) is 23.0. The molecule has 0 radical (unpaired) electrons. The van der Waals surface area contributed by atoms with Gasteiger partial charge in [-0.1, -0.05) is 6.42 Å². The molecule has 3 heterocycles. The van der Waals surface area contributed by atoms with E-state index < -0.39 is 15.9 Å². The van der Waals surface area contributed by atoms with Gasteiger partial charge in [0.1, 0.15) is 5.52 Å². The third-order valence-electron chi connectivity index (χ3n) is 6.01. The second-order valence-corrected chi connectivity index (χ2v) is 10.1. The molecule has 1 aliphatic rings. The van der Waals surface area contributed by atoms with Gasteiger partial charge in [0.25, 0.3) is 11.9 Å². The molecule has 11 nitrogen and oxygen atoms in total. The molecule has 0 saturated carbocycles. The fourth-order valence-electron chi connectivity index (χ4n) is 4.17. The topological polar surface area (TPSA) is 139 Å². The van der Waals surface area contributed by atoms with Crippen molar-refractivity contribution in [3.8, 4) is 11.5 Å². The van der Waals surface area contributed by atoms with Gasteiger partial charge in [0.15, 0.2) is 17.1 Å². The maximum atomic E-state index is 13.1. The number of fused-ring (bicyclic) bond motifs is 3. The average Bonchev–Trinajstić information content (AvgIpc) is 3.25. The SMILES string of the molecule is COc1ccc(C(=O)Nc2nnc3c(n2)[nH]c2ccc(S(=O)(=O)N4CCCCC4)cc23)cc1OC. The normalized spacial score (nSPS) is 14.8. The smallest absolute Gasteiger partial charge is 0.258 e. The molecule has 2 aromatic carbocycles. The molecule has 35 heavy (non-hydrogen) atoms. The van der Waals surface area contributed by atoms with E-state index in [-0.39, 0.29) is 10.8 Å². The molecule has 12 heteroatoms. The number of nitrogens with one attached hydrogen (secondary N) is 2. The van der Waals surface area contributed by atoms with Crippen molar-refractivity contribution >= 4 is 43.9 Å². The number of methoxy groups -OCH3 is 2. The second kappa shape index (κ2) is 9.12. The van der Waals surface area contributed by atoms with Crippen LogP contribution in [0.25, 0.3) is 22.1 Å². The highest BCUT2D eigenvalue weighted by molar-refractivity contribution is 7.89. The van der Waals surface area contributed by atoms with Crippen molar-refractivity contribution in [3.63, 3.8) is 0 Å². The van der Waals surface area contributed by atoms with Crippen molar-refractivity contribution < 1.29 is 22.7 Å². The van der Waals surface area contributed by atoms with Crippen LogP contribution < -0.4 is 14.8 Å². The van der Waals surface area contributed by atoms with Crippen LogP contribution in [0.2, 0.25) is 0 Å². The standard InChI is InChI=1S/C23H24N6O5S/c1-33-18-9-6-14(12-19(18)34-2)22(30)26-23-25-21-20(27-28-23)16-13-15(7-8-17(16)24-21)35(31,32)29-10-4-3-5-11-29/h6-9,12-13H,3-5,10-11H2,1-2H3,(H2,24,25,26,28,30). The first-order valence-corrected chi connectivity index (χ1v) is 12.5. The number of benzene rings is 2. The molecule has 0 unspecified atom stereocenters. The number of rotatable bonds is 6. The minimum absolute atomic E-state index is 0.00463. The molecule has 2 aromatic heterocycles. The zero-order valence-corrected chi connectivity index (χ0v) is 20.1. The van der Waals surface area contributed by atoms with Gasteiger partial charge in [-0.15, -0.1) is 10.2 Å². The van der Waals surface area contributed by atoms with Gasteiger partial charge < -0.3 is 14.5 Å². The largest absolute Gasteiger partial charge is 0.493 e. The predicted molar refractivity (Wildman–Crippen MR) is 129 cm³/mol. The molecule has 5 rings (SSSR count). The van der Waals surface area contributed by atoms with Crippen LogP contribution in [0, 0.1) is 0 Å². The summed E-state index contributed by atoms with van der Waals surface area (Å²) in [5, 5.41) is 11.4. The highest BCUT2D eigenvalue weighted by Gasteiger charge is 2.26. The summed E-state index contributed by atoms with van der Waals surface area (Å²) < 4.78 is 38.1. The van der Waals surface area contributed by atoms with E-state index in [0.29, 0.717) is 52.2 Å². The van der Waals surface area contributed by atoms with Gasteiger partial charge in [-0.25, -0.2) is 8.42 Å². The Morgan fingerprint density at radius 2 is 1.77 bits per heavy atom. The van der Waals surface area contributed by atoms with E-state index in [4.69, 9.17) is 9.47 Å². The fraction of sp³-hybridized carbons (Fsp3) is 0.304. The fourth-order valence-corrected chi connectivity index (χ4v) is 5.71. The van der Waals surface area contributed by atoms with Crippen LogP contribution in [0.5, 0.6) is 11.5 Å². The molecular weight excluding hydrogens is 472 g/mol. The third kappa shape index (κ3) is 4.26. The first-order valence-electron chi connectivity index (χ1n) is 11.1. The molecule has 0 aliphatic carbocycles. The number of piperidine rings is 1. The van der Waals surface area contributed by atoms with E-state index in [0.717, 1.165) is 19.3 Å². The number of amides is 1.